The van der Waals surface area contributed by atoms with Crippen molar-refractivity contribution in [1.82, 2.24) is 5.32 Å². The highest BCUT2D eigenvalue weighted by Crippen LogP contribution is 2.01. The Morgan fingerprint density at radius 3 is 2.09 bits per heavy atom. The molecule has 0 fully saturated rings. The van der Waals surface area contributed by atoms with E-state index >= 15 is 0 Å². The number of hydrogen-bond donors (Lipinski definition) is 2. The minimum absolute atomic E-state index is 0.0617. The van der Waals surface area contributed by atoms with Crippen LogP contribution in [0.15, 0.2) is 0 Å². The van der Waals surface area contributed by atoms with Crippen LogP contribution in [0.25, 0.3) is 0 Å². The Kier molecular flexibility index (Phi) is 17.8. The quantitative estimate of drug-likeness (QED) is 0.397. The fourth-order valence-electron chi connectivity index (χ4n) is 1.83. The molecule has 6 nitrogen and oxygen atoms in total. The van der Waals surface area contributed by atoms with Crippen molar-refractivity contribution in [3.8, 4) is 0 Å². The second-order valence-electron chi connectivity index (χ2n) is 5.14. The fourth-order valence-corrected chi connectivity index (χ4v) is 1.83. The third-order valence-electron chi connectivity index (χ3n) is 3.08. The molecule has 0 aromatic heterocycles. The maximum atomic E-state index is 11.5. The highest BCUT2D eigenvalue weighted by Gasteiger charge is 2.00. The van der Waals surface area contributed by atoms with Crippen molar-refractivity contribution in [2.75, 3.05) is 52.7 Å². The number of carbonyl (C=O) groups excluding carboxylic acids is 1. The lowest BCUT2D eigenvalue weighted by atomic mass is 10.1. The molecule has 0 heterocycles. The van der Waals surface area contributed by atoms with Gasteiger partial charge in [0.1, 0.15) is 0 Å². The molecule has 22 heavy (non-hydrogen) atoms. The van der Waals surface area contributed by atoms with Gasteiger partial charge in [0.05, 0.1) is 39.6 Å². The van der Waals surface area contributed by atoms with Crippen molar-refractivity contribution >= 4 is 5.91 Å². The molecular formula is C16H34N2O4. The van der Waals surface area contributed by atoms with Gasteiger partial charge in [-0.3, -0.25) is 4.79 Å². The lowest BCUT2D eigenvalue weighted by molar-refractivity contribution is -0.122. The summed E-state index contributed by atoms with van der Waals surface area (Å²) in [5.74, 6) is 0.0617. The van der Waals surface area contributed by atoms with E-state index in [1.54, 1.807) is 0 Å². The van der Waals surface area contributed by atoms with Crippen LogP contribution in [0.5, 0.6) is 0 Å². The highest BCUT2D eigenvalue weighted by atomic mass is 16.5. The van der Waals surface area contributed by atoms with Gasteiger partial charge in [-0.25, -0.2) is 0 Å². The lowest BCUT2D eigenvalue weighted by Gasteiger charge is -2.07. The Balaban J connectivity index is 3.12. The number of unbranched alkanes of at least 4 members (excludes halogenated alkanes) is 4. The van der Waals surface area contributed by atoms with Crippen LogP contribution < -0.4 is 11.1 Å². The first-order chi connectivity index (χ1) is 10.8. The van der Waals surface area contributed by atoms with Gasteiger partial charge >= 0.3 is 0 Å². The van der Waals surface area contributed by atoms with E-state index in [2.05, 4.69) is 12.2 Å². The lowest BCUT2D eigenvalue weighted by Crippen LogP contribution is -2.25. The molecule has 0 rings (SSSR count). The van der Waals surface area contributed by atoms with E-state index in [9.17, 15) is 4.79 Å². The summed E-state index contributed by atoms with van der Waals surface area (Å²) in [5.41, 5.74) is 5.29. The Bertz CT molecular complexity index is 240. The van der Waals surface area contributed by atoms with Gasteiger partial charge in [0.2, 0.25) is 5.91 Å². The van der Waals surface area contributed by atoms with Crippen LogP contribution in [0.3, 0.4) is 0 Å². The third kappa shape index (κ3) is 17.4. The molecule has 0 radical (unpaired) electrons. The Morgan fingerprint density at radius 2 is 1.45 bits per heavy atom. The number of carbonyl (C=O) groups is 1. The summed E-state index contributed by atoms with van der Waals surface area (Å²) >= 11 is 0. The molecule has 0 saturated heterocycles. The molecular weight excluding hydrogens is 284 g/mol. The van der Waals surface area contributed by atoms with E-state index in [4.69, 9.17) is 19.9 Å². The van der Waals surface area contributed by atoms with Gasteiger partial charge in [0, 0.05) is 19.5 Å². The van der Waals surface area contributed by atoms with Crippen molar-refractivity contribution in [1.29, 1.82) is 0 Å². The molecule has 132 valence electrons. The van der Waals surface area contributed by atoms with E-state index in [-0.39, 0.29) is 5.91 Å². The average Bonchev–Trinajstić information content (AvgIpc) is 2.52. The minimum atomic E-state index is 0.0617. The summed E-state index contributed by atoms with van der Waals surface area (Å²) in [7, 11) is 0. The van der Waals surface area contributed by atoms with Gasteiger partial charge in [0.25, 0.3) is 0 Å². The zero-order valence-electron chi connectivity index (χ0n) is 14.1. The van der Waals surface area contributed by atoms with Crippen LogP contribution >= 0.6 is 0 Å². The number of nitrogens with one attached hydrogen (secondary N) is 1. The number of rotatable bonds is 17. The predicted octanol–water partition coefficient (Wildman–Crippen LogP) is 1.47. The fraction of sp³-hybridized carbons (Fsp3) is 0.938. The number of ether oxygens (including phenoxy) is 3. The molecule has 0 unspecified atom stereocenters. The second kappa shape index (κ2) is 18.4. The van der Waals surface area contributed by atoms with Crippen LogP contribution in [0.2, 0.25) is 0 Å². The normalized spacial score (nSPS) is 10.8. The maximum Gasteiger partial charge on any atom is 0.222 e. The SMILES string of the molecule is CCCCCCCNC(=O)CCOCCOCCOCCN. The summed E-state index contributed by atoms with van der Waals surface area (Å²) in [6.07, 6.45) is 6.45. The predicted molar refractivity (Wildman–Crippen MR) is 87.9 cm³/mol. The highest BCUT2D eigenvalue weighted by molar-refractivity contribution is 5.75. The molecule has 0 aliphatic carbocycles. The third-order valence-corrected chi connectivity index (χ3v) is 3.08. The standard InChI is InChI=1S/C16H34N2O4/c1-2-3-4-5-6-9-18-16(19)7-10-20-12-14-22-15-13-21-11-8-17/h2-15,17H2,1H3,(H,18,19). The number of nitrogens with two attached hydrogens (primary N) is 1. The summed E-state index contributed by atoms with van der Waals surface area (Å²) in [4.78, 5) is 11.5. The zero-order chi connectivity index (χ0) is 16.3. The molecule has 0 spiro atoms. The van der Waals surface area contributed by atoms with Crippen molar-refractivity contribution in [3.63, 3.8) is 0 Å². The average molecular weight is 318 g/mol. The van der Waals surface area contributed by atoms with Gasteiger partial charge < -0.3 is 25.3 Å². The van der Waals surface area contributed by atoms with Gasteiger partial charge in [-0.1, -0.05) is 32.6 Å². The summed E-state index contributed by atoms with van der Waals surface area (Å²) in [5, 5.41) is 2.91. The van der Waals surface area contributed by atoms with E-state index in [0.717, 1.165) is 13.0 Å². The van der Waals surface area contributed by atoms with Crippen molar-refractivity contribution in [2.45, 2.75) is 45.4 Å². The molecule has 0 aliphatic rings. The maximum absolute atomic E-state index is 11.5. The minimum Gasteiger partial charge on any atom is -0.379 e. The first kappa shape index (κ1) is 21.3. The van der Waals surface area contributed by atoms with Gasteiger partial charge in [0.15, 0.2) is 0 Å². The molecule has 3 N–H and O–H groups in total. The summed E-state index contributed by atoms with van der Waals surface area (Å²) in [6, 6.07) is 0. The van der Waals surface area contributed by atoms with E-state index in [1.807, 2.05) is 0 Å². The van der Waals surface area contributed by atoms with E-state index in [0.29, 0.717) is 52.6 Å². The summed E-state index contributed by atoms with van der Waals surface area (Å²) < 4.78 is 15.8. The molecule has 1 amide bonds. The van der Waals surface area contributed by atoms with Crippen LogP contribution in [-0.4, -0.2) is 58.6 Å². The topological polar surface area (TPSA) is 82.8 Å². The van der Waals surface area contributed by atoms with Gasteiger partial charge in [-0.05, 0) is 6.42 Å². The van der Waals surface area contributed by atoms with E-state index < -0.39 is 0 Å². The second-order valence-corrected chi connectivity index (χ2v) is 5.14. The van der Waals surface area contributed by atoms with Gasteiger partial charge in [-0.2, -0.15) is 0 Å². The Morgan fingerprint density at radius 1 is 0.864 bits per heavy atom. The van der Waals surface area contributed by atoms with Crippen LogP contribution in [0.1, 0.15) is 45.4 Å². The summed E-state index contributed by atoms with van der Waals surface area (Å²) in [6.45, 7) is 6.62. The largest absolute Gasteiger partial charge is 0.379 e. The molecule has 0 bridgehead atoms. The van der Waals surface area contributed by atoms with Crippen molar-refractivity contribution < 1.29 is 19.0 Å². The molecule has 0 saturated carbocycles. The monoisotopic (exact) mass is 318 g/mol. The molecule has 0 aromatic rings. The van der Waals surface area contributed by atoms with Crippen LogP contribution in [0.4, 0.5) is 0 Å². The van der Waals surface area contributed by atoms with Crippen molar-refractivity contribution in [3.05, 3.63) is 0 Å². The number of amides is 1. The Hall–Kier alpha value is -0.690. The zero-order valence-corrected chi connectivity index (χ0v) is 14.1. The Labute approximate surface area is 135 Å². The molecule has 0 atom stereocenters. The van der Waals surface area contributed by atoms with Gasteiger partial charge in [-0.15, -0.1) is 0 Å². The number of hydrogen-bond acceptors (Lipinski definition) is 5. The smallest absolute Gasteiger partial charge is 0.222 e. The van der Waals surface area contributed by atoms with Crippen LogP contribution in [-0.2, 0) is 19.0 Å². The van der Waals surface area contributed by atoms with E-state index in [1.165, 1.54) is 25.7 Å². The first-order valence-electron chi connectivity index (χ1n) is 8.51. The van der Waals surface area contributed by atoms with Crippen molar-refractivity contribution in [2.24, 2.45) is 5.73 Å². The first-order valence-corrected chi connectivity index (χ1v) is 8.51. The molecule has 0 aromatic carbocycles. The molecule has 6 heteroatoms. The van der Waals surface area contributed by atoms with Crippen LogP contribution in [0, 0.1) is 0 Å². The molecule has 0 aliphatic heterocycles.